The molecule has 130 valence electrons. The number of carboxylic acids is 1. The fourth-order valence-corrected chi connectivity index (χ4v) is 2.78. The van der Waals surface area contributed by atoms with Crippen molar-refractivity contribution in [3.8, 4) is 11.5 Å². The molecule has 0 aromatic heterocycles. The minimum Gasteiger partial charge on any atom is -0.497 e. The standard InChI is InChI=1S/C18H29NO4/c1-5-13(12-18(2,19)17(20)21)7-6-8-14-9-10-15(22-3)11-16(14)23-4/h9-11,13H,5-8,12,19H2,1-4H3,(H,20,21). The highest BCUT2D eigenvalue weighted by Gasteiger charge is 2.30. The van der Waals surface area contributed by atoms with Crippen LogP contribution < -0.4 is 15.2 Å². The van der Waals surface area contributed by atoms with E-state index in [-0.39, 0.29) is 0 Å². The van der Waals surface area contributed by atoms with Crippen LogP contribution in [0.3, 0.4) is 0 Å². The molecule has 0 saturated heterocycles. The van der Waals surface area contributed by atoms with Crippen LogP contribution in [0.15, 0.2) is 18.2 Å². The van der Waals surface area contributed by atoms with Crippen LogP contribution >= 0.6 is 0 Å². The first-order valence-corrected chi connectivity index (χ1v) is 8.07. The SMILES string of the molecule is CCC(CCCc1ccc(OC)cc1OC)CC(C)(N)C(=O)O. The van der Waals surface area contributed by atoms with E-state index >= 15 is 0 Å². The topological polar surface area (TPSA) is 81.8 Å². The summed E-state index contributed by atoms with van der Waals surface area (Å²) in [5, 5.41) is 9.15. The lowest BCUT2D eigenvalue weighted by molar-refractivity contribution is -0.143. The Hall–Kier alpha value is -1.75. The molecular weight excluding hydrogens is 294 g/mol. The Labute approximate surface area is 138 Å². The van der Waals surface area contributed by atoms with E-state index in [1.54, 1.807) is 21.1 Å². The molecule has 1 aromatic rings. The number of aliphatic carboxylic acids is 1. The minimum atomic E-state index is -1.15. The van der Waals surface area contributed by atoms with Gasteiger partial charge in [0.25, 0.3) is 0 Å². The van der Waals surface area contributed by atoms with Gasteiger partial charge in [-0.3, -0.25) is 4.79 Å². The van der Waals surface area contributed by atoms with Crippen molar-refractivity contribution >= 4 is 5.97 Å². The molecule has 2 atom stereocenters. The first-order chi connectivity index (χ1) is 10.8. The maximum atomic E-state index is 11.2. The molecule has 0 heterocycles. The Morgan fingerprint density at radius 2 is 2.04 bits per heavy atom. The summed E-state index contributed by atoms with van der Waals surface area (Å²) < 4.78 is 10.6. The summed E-state index contributed by atoms with van der Waals surface area (Å²) in [4.78, 5) is 11.2. The summed E-state index contributed by atoms with van der Waals surface area (Å²) in [5.74, 6) is 0.974. The molecule has 1 aromatic carbocycles. The zero-order valence-electron chi connectivity index (χ0n) is 14.6. The normalized spacial score (nSPS) is 14.8. The second-order valence-electron chi connectivity index (χ2n) is 6.27. The third-order valence-corrected chi connectivity index (χ3v) is 4.33. The van der Waals surface area contributed by atoms with Crippen LogP contribution in [0.1, 0.15) is 45.1 Å². The number of hydrogen-bond donors (Lipinski definition) is 2. The van der Waals surface area contributed by atoms with Crippen molar-refractivity contribution in [3.05, 3.63) is 23.8 Å². The highest BCUT2D eigenvalue weighted by Crippen LogP contribution is 2.28. The van der Waals surface area contributed by atoms with Crippen LogP contribution in [0.5, 0.6) is 11.5 Å². The lowest BCUT2D eigenvalue weighted by Crippen LogP contribution is -2.46. The van der Waals surface area contributed by atoms with E-state index < -0.39 is 11.5 Å². The van der Waals surface area contributed by atoms with E-state index in [1.807, 2.05) is 18.2 Å². The highest BCUT2D eigenvalue weighted by atomic mass is 16.5. The lowest BCUT2D eigenvalue weighted by Gasteiger charge is -2.25. The first kappa shape index (κ1) is 19.3. The molecule has 0 bridgehead atoms. The zero-order chi connectivity index (χ0) is 17.5. The number of benzene rings is 1. The van der Waals surface area contributed by atoms with Crippen LogP contribution in [-0.4, -0.2) is 30.8 Å². The summed E-state index contributed by atoms with van der Waals surface area (Å²) in [5.41, 5.74) is 5.84. The smallest absolute Gasteiger partial charge is 0.323 e. The van der Waals surface area contributed by atoms with E-state index in [0.717, 1.165) is 42.7 Å². The molecule has 0 radical (unpaired) electrons. The van der Waals surface area contributed by atoms with Crippen molar-refractivity contribution in [3.63, 3.8) is 0 Å². The van der Waals surface area contributed by atoms with Gasteiger partial charge in [0, 0.05) is 6.07 Å². The van der Waals surface area contributed by atoms with Crippen molar-refractivity contribution in [2.24, 2.45) is 11.7 Å². The summed E-state index contributed by atoms with van der Waals surface area (Å²) in [6.45, 7) is 3.67. The molecule has 5 heteroatoms. The van der Waals surface area contributed by atoms with Crippen LogP contribution in [-0.2, 0) is 11.2 Å². The molecule has 0 amide bonds. The van der Waals surface area contributed by atoms with Crippen LogP contribution in [0.4, 0.5) is 0 Å². The van der Waals surface area contributed by atoms with Crippen molar-refractivity contribution in [2.45, 2.75) is 51.5 Å². The maximum absolute atomic E-state index is 11.2. The zero-order valence-corrected chi connectivity index (χ0v) is 14.6. The van der Waals surface area contributed by atoms with Gasteiger partial charge in [-0.05, 0) is 43.7 Å². The van der Waals surface area contributed by atoms with Gasteiger partial charge in [-0.2, -0.15) is 0 Å². The average Bonchev–Trinajstić information content (AvgIpc) is 2.53. The van der Waals surface area contributed by atoms with Crippen molar-refractivity contribution in [2.75, 3.05) is 14.2 Å². The van der Waals surface area contributed by atoms with Gasteiger partial charge in [-0.15, -0.1) is 0 Å². The molecule has 0 aliphatic carbocycles. The van der Waals surface area contributed by atoms with Crippen molar-refractivity contribution in [1.29, 1.82) is 0 Å². The predicted octanol–water partition coefficient (Wildman–Crippen LogP) is 3.24. The number of methoxy groups -OCH3 is 2. The molecule has 0 aliphatic rings. The Morgan fingerprint density at radius 1 is 1.35 bits per heavy atom. The maximum Gasteiger partial charge on any atom is 0.323 e. The number of carboxylic acid groups (broad SMARTS) is 1. The predicted molar refractivity (Wildman–Crippen MR) is 91.1 cm³/mol. The molecule has 0 aliphatic heterocycles. The second kappa shape index (κ2) is 8.77. The minimum absolute atomic E-state index is 0.311. The van der Waals surface area contributed by atoms with E-state index in [1.165, 1.54) is 0 Å². The Bertz CT molecular complexity index is 514. The van der Waals surface area contributed by atoms with Crippen LogP contribution in [0.25, 0.3) is 0 Å². The summed E-state index contributed by atoms with van der Waals surface area (Å²) in [6, 6.07) is 5.83. The monoisotopic (exact) mass is 323 g/mol. The quantitative estimate of drug-likeness (QED) is 0.691. The van der Waals surface area contributed by atoms with Crippen molar-refractivity contribution in [1.82, 2.24) is 0 Å². The van der Waals surface area contributed by atoms with Gasteiger partial charge in [0.2, 0.25) is 0 Å². The fourth-order valence-electron chi connectivity index (χ4n) is 2.78. The van der Waals surface area contributed by atoms with Gasteiger partial charge >= 0.3 is 5.97 Å². The number of nitrogens with two attached hydrogens (primary N) is 1. The third-order valence-electron chi connectivity index (χ3n) is 4.33. The van der Waals surface area contributed by atoms with E-state index in [2.05, 4.69) is 6.92 Å². The molecule has 0 saturated carbocycles. The Morgan fingerprint density at radius 3 is 2.57 bits per heavy atom. The number of aryl methyl sites for hydroxylation is 1. The fraction of sp³-hybridized carbons (Fsp3) is 0.611. The van der Waals surface area contributed by atoms with Crippen molar-refractivity contribution < 1.29 is 19.4 Å². The van der Waals surface area contributed by atoms with Crippen LogP contribution in [0, 0.1) is 5.92 Å². The summed E-state index contributed by atoms with van der Waals surface area (Å²) in [7, 11) is 3.28. The number of hydrogen-bond acceptors (Lipinski definition) is 4. The van der Waals surface area contributed by atoms with E-state index in [4.69, 9.17) is 20.3 Å². The number of ether oxygens (including phenoxy) is 2. The second-order valence-corrected chi connectivity index (χ2v) is 6.27. The van der Waals surface area contributed by atoms with Gasteiger partial charge < -0.3 is 20.3 Å². The molecule has 0 spiro atoms. The van der Waals surface area contributed by atoms with E-state index in [9.17, 15) is 4.79 Å². The van der Waals surface area contributed by atoms with Gasteiger partial charge in [0.15, 0.2) is 0 Å². The first-order valence-electron chi connectivity index (χ1n) is 8.07. The number of carbonyl (C=O) groups is 1. The largest absolute Gasteiger partial charge is 0.497 e. The Balaban J connectivity index is 2.59. The Kier molecular flexibility index (Phi) is 7.36. The lowest BCUT2D eigenvalue weighted by atomic mass is 9.85. The van der Waals surface area contributed by atoms with E-state index in [0.29, 0.717) is 12.3 Å². The molecule has 2 unspecified atom stereocenters. The highest BCUT2D eigenvalue weighted by molar-refractivity contribution is 5.77. The average molecular weight is 323 g/mol. The molecule has 5 nitrogen and oxygen atoms in total. The molecule has 23 heavy (non-hydrogen) atoms. The van der Waals surface area contributed by atoms with Gasteiger partial charge in [-0.25, -0.2) is 0 Å². The number of rotatable bonds is 10. The molecule has 3 N–H and O–H groups in total. The third kappa shape index (κ3) is 5.75. The summed E-state index contributed by atoms with van der Waals surface area (Å²) in [6.07, 6.45) is 4.24. The molecule has 0 fully saturated rings. The van der Waals surface area contributed by atoms with Gasteiger partial charge in [0.05, 0.1) is 14.2 Å². The molecular formula is C18H29NO4. The van der Waals surface area contributed by atoms with Gasteiger partial charge in [-0.1, -0.05) is 25.8 Å². The molecule has 1 rings (SSSR count). The van der Waals surface area contributed by atoms with Crippen LogP contribution in [0.2, 0.25) is 0 Å². The summed E-state index contributed by atoms with van der Waals surface area (Å²) >= 11 is 0. The van der Waals surface area contributed by atoms with Gasteiger partial charge in [0.1, 0.15) is 17.0 Å².